The van der Waals surface area contributed by atoms with Gasteiger partial charge in [-0.15, -0.1) is 0 Å². The second kappa shape index (κ2) is 9.77. The van der Waals surface area contributed by atoms with Crippen LogP contribution in [0.5, 0.6) is 0 Å². The van der Waals surface area contributed by atoms with Crippen molar-refractivity contribution in [3.8, 4) is 0 Å². The maximum Gasteiger partial charge on any atom is 0.407 e. The van der Waals surface area contributed by atoms with E-state index < -0.39 is 23.8 Å². The summed E-state index contributed by atoms with van der Waals surface area (Å²) < 4.78 is 10.2. The van der Waals surface area contributed by atoms with E-state index >= 15 is 0 Å². The molecule has 0 heterocycles. The van der Waals surface area contributed by atoms with Crippen molar-refractivity contribution in [1.29, 1.82) is 0 Å². The molecule has 1 rings (SSSR count). The number of benzene rings is 1. The molecule has 0 unspecified atom stereocenters. The van der Waals surface area contributed by atoms with Crippen molar-refractivity contribution in [2.45, 2.75) is 45.4 Å². The van der Waals surface area contributed by atoms with Crippen molar-refractivity contribution < 1.29 is 24.2 Å². The summed E-state index contributed by atoms with van der Waals surface area (Å²) in [5.41, 5.74) is 0.305. The molecule has 134 valence electrons. The molecule has 1 atom stereocenters. The molecule has 0 fully saturated rings. The van der Waals surface area contributed by atoms with Crippen molar-refractivity contribution in [1.82, 2.24) is 10.6 Å². The number of alkyl carbamates (subject to hydrolysis) is 2. The van der Waals surface area contributed by atoms with Crippen molar-refractivity contribution in [3.63, 3.8) is 0 Å². The molecule has 0 aliphatic carbocycles. The van der Waals surface area contributed by atoms with Gasteiger partial charge in [0.15, 0.2) is 0 Å². The molecule has 24 heavy (non-hydrogen) atoms. The lowest BCUT2D eigenvalue weighted by Crippen LogP contribution is -2.41. The predicted octanol–water partition coefficient (Wildman–Crippen LogP) is 2.19. The van der Waals surface area contributed by atoms with Gasteiger partial charge in [-0.25, -0.2) is 9.59 Å². The van der Waals surface area contributed by atoms with Crippen molar-refractivity contribution in [2.24, 2.45) is 0 Å². The molecule has 0 bridgehead atoms. The summed E-state index contributed by atoms with van der Waals surface area (Å²) in [7, 11) is 0. The Kier molecular flexibility index (Phi) is 8.05. The number of hydrogen-bond donors (Lipinski definition) is 3. The molecule has 0 spiro atoms. The van der Waals surface area contributed by atoms with Crippen molar-refractivity contribution >= 4 is 12.2 Å². The summed E-state index contributed by atoms with van der Waals surface area (Å²) in [5, 5.41) is 14.4. The summed E-state index contributed by atoms with van der Waals surface area (Å²) in [6.07, 6.45) is -0.795. The Labute approximate surface area is 142 Å². The first-order valence-electron chi connectivity index (χ1n) is 7.85. The van der Waals surface area contributed by atoms with Crippen LogP contribution >= 0.6 is 0 Å². The molecule has 0 saturated heterocycles. The van der Waals surface area contributed by atoms with E-state index in [-0.39, 0.29) is 19.8 Å². The fraction of sp³-hybridized carbons (Fsp3) is 0.529. The number of rotatable bonds is 7. The zero-order chi connectivity index (χ0) is 18.0. The molecular formula is C17H26N2O5. The summed E-state index contributed by atoms with van der Waals surface area (Å²) in [6.45, 7) is 5.48. The van der Waals surface area contributed by atoms with Crippen LogP contribution in [0.2, 0.25) is 0 Å². The Morgan fingerprint density at radius 2 is 1.83 bits per heavy atom. The normalized spacial score (nSPS) is 12.2. The molecule has 2 amide bonds. The Bertz CT molecular complexity index is 513. The largest absolute Gasteiger partial charge is 0.445 e. The lowest BCUT2D eigenvalue weighted by Gasteiger charge is -2.20. The molecule has 0 aliphatic heterocycles. The van der Waals surface area contributed by atoms with E-state index in [1.54, 1.807) is 20.8 Å². The highest BCUT2D eigenvalue weighted by atomic mass is 16.6. The van der Waals surface area contributed by atoms with Gasteiger partial charge in [0.05, 0.1) is 12.6 Å². The Morgan fingerprint density at radius 3 is 2.42 bits per heavy atom. The van der Waals surface area contributed by atoms with Crippen molar-refractivity contribution in [3.05, 3.63) is 35.9 Å². The van der Waals surface area contributed by atoms with Gasteiger partial charge < -0.3 is 25.2 Å². The SMILES string of the molecule is CC(C)(C)OC(=O)NCC[C@H](CO)NC(=O)OCc1ccccc1. The second-order valence-corrected chi connectivity index (χ2v) is 6.30. The van der Waals surface area contributed by atoms with Gasteiger partial charge in [-0.05, 0) is 32.8 Å². The van der Waals surface area contributed by atoms with Gasteiger partial charge in [-0.3, -0.25) is 0 Å². The van der Waals surface area contributed by atoms with E-state index in [9.17, 15) is 14.7 Å². The van der Waals surface area contributed by atoms with Gasteiger partial charge in [0.25, 0.3) is 0 Å². The van der Waals surface area contributed by atoms with Crippen LogP contribution in [-0.4, -0.2) is 42.1 Å². The summed E-state index contributed by atoms with van der Waals surface area (Å²) in [5.74, 6) is 0. The van der Waals surface area contributed by atoms with Crippen LogP contribution in [0.15, 0.2) is 30.3 Å². The Morgan fingerprint density at radius 1 is 1.17 bits per heavy atom. The van der Waals surface area contributed by atoms with E-state index in [0.29, 0.717) is 6.42 Å². The molecule has 7 heteroatoms. The average Bonchev–Trinajstić information content (AvgIpc) is 2.51. The van der Waals surface area contributed by atoms with E-state index in [1.165, 1.54) is 0 Å². The Balaban J connectivity index is 2.26. The standard InChI is InChI=1S/C17H26N2O5/c1-17(2,3)24-15(21)18-10-9-14(11-20)19-16(22)23-12-13-7-5-4-6-8-13/h4-8,14,20H,9-12H2,1-3H3,(H,18,21)(H,19,22)/t14-/m1/s1. The third-order valence-corrected chi connectivity index (χ3v) is 2.92. The minimum absolute atomic E-state index is 0.154. The molecule has 3 N–H and O–H groups in total. The second-order valence-electron chi connectivity index (χ2n) is 6.30. The van der Waals surface area contributed by atoms with E-state index in [4.69, 9.17) is 9.47 Å². The minimum Gasteiger partial charge on any atom is -0.445 e. The lowest BCUT2D eigenvalue weighted by atomic mass is 10.2. The van der Waals surface area contributed by atoms with Gasteiger partial charge in [0.1, 0.15) is 12.2 Å². The highest BCUT2D eigenvalue weighted by Crippen LogP contribution is 2.06. The van der Waals surface area contributed by atoms with Gasteiger partial charge >= 0.3 is 12.2 Å². The van der Waals surface area contributed by atoms with Crippen LogP contribution in [0, 0.1) is 0 Å². The molecule has 7 nitrogen and oxygen atoms in total. The number of carbonyl (C=O) groups excluding carboxylic acids is 2. The average molecular weight is 338 g/mol. The predicted molar refractivity (Wildman–Crippen MR) is 89.5 cm³/mol. The number of amides is 2. The molecular weight excluding hydrogens is 312 g/mol. The van der Waals surface area contributed by atoms with Crippen LogP contribution in [0.25, 0.3) is 0 Å². The third-order valence-electron chi connectivity index (χ3n) is 2.92. The number of nitrogens with one attached hydrogen (secondary N) is 2. The van der Waals surface area contributed by atoms with E-state index in [2.05, 4.69) is 10.6 Å². The highest BCUT2D eigenvalue weighted by Gasteiger charge is 2.17. The van der Waals surface area contributed by atoms with Crippen LogP contribution in [-0.2, 0) is 16.1 Å². The lowest BCUT2D eigenvalue weighted by molar-refractivity contribution is 0.0524. The first-order valence-corrected chi connectivity index (χ1v) is 7.85. The summed E-state index contributed by atoms with van der Waals surface area (Å²) >= 11 is 0. The fourth-order valence-corrected chi connectivity index (χ4v) is 1.80. The van der Waals surface area contributed by atoms with Crippen LogP contribution < -0.4 is 10.6 Å². The number of ether oxygens (including phenoxy) is 2. The van der Waals surface area contributed by atoms with Gasteiger partial charge in [-0.1, -0.05) is 30.3 Å². The third kappa shape index (κ3) is 8.99. The zero-order valence-electron chi connectivity index (χ0n) is 14.4. The molecule has 0 radical (unpaired) electrons. The van der Waals surface area contributed by atoms with E-state index in [1.807, 2.05) is 30.3 Å². The number of aliphatic hydroxyl groups excluding tert-OH is 1. The van der Waals surface area contributed by atoms with Crippen LogP contribution in [0.1, 0.15) is 32.8 Å². The minimum atomic E-state index is -0.616. The van der Waals surface area contributed by atoms with Crippen LogP contribution in [0.3, 0.4) is 0 Å². The Hall–Kier alpha value is -2.28. The molecule has 0 aromatic heterocycles. The molecule has 1 aromatic rings. The molecule has 1 aromatic carbocycles. The number of aliphatic hydroxyl groups is 1. The highest BCUT2D eigenvalue weighted by molar-refractivity contribution is 5.68. The summed E-state index contributed by atoms with van der Waals surface area (Å²) in [6, 6.07) is 8.78. The van der Waals surface area contributed by atoms with Crippen molar-refractivity contribution in [2.75, 3.05) is 13.2 Å². The topological polar surface area (TPSA) is 96.9 Å². The van der Waals surface area contributed by atoms with Gasteiger partial charge in [0, 0.05) is 6.54 Å². The van der Waals surface area contributed by atoms with Gasteiger partial charge in [0.2, 0.25) is 0 Å². The maximum absolute atomic E-state index is 11.7. The fourth-order valence-electron chi connectivity index (χ4n) is 1.80. The number of carbonyl (C=O) groups is 2. The molecule has 0 aliphatic rings. The number of hydrogen-bond acceptors (Lipinski definition) is 5. The monoisotopic (exact) mass is 338 g/mol. The van der Waals surface area contributed by atoms with Gasteiger partial charge in [-0.2, -0.15) is 0 Å². The maximum atomic E-state index is 11.7. The molecule has 0 saturated carbocycles. The first kappa shape index (κ1) is 19.8. The quantitative estimate of drug-likeness (QED) is 0.708. The summed E-state index contributed by atoms with van der Waals surface area (Å²) in [4.78, 5) is 23.2. The van der Waals surface area contributed by atoms with E-state index in [0.717, 1.165) is 5.56 Å². The smallest absolute Gasteiger partial charge is 0.407 e. The first-order chi connectivity index (χ1) is 11.3. The van der Waals surface area contributed by atoms with Crippen LogP contribution in [0.4, 0.5) is 9.59 Å². The zero-order valence-corrected chi connectivity index (χ0v) is 14.4.